The van der Waals surface area contributed by atoms with Gasteiger partial charge in [-0.1, -0.05) is 0 Å². The number of carbonyl (C=O) groups is 1. The van der Waals surface area contributed by atoms with Crippen molar-refractivity contribution in [3.63, 3.8) is 0 Å². The van der Waals surface area contributed by atoms with E-state index >= 15 is 0 Å². The molecule has 4 heteroatoms. The first-order valence-electron chi connectivity index (χ1n) is 6.18. The molecule has 92 valence electrons. The third-order valence-electron chi connectivity index (χ3n) is 3.31. The number of likely N-dealkylation sites (tertiary alicyclic amines) is 1. The lowest BCUT2D eigenvalue weighted by Gasteiger charge is -2.37. The molecule has 0 radical (unpaired) electrons. The molecule has 0 spiro atoms. The molecular formula is C12H22N2O2. The molecule has 4 nitrogen and oxygen atoms in total. The molecule has 0 aliphatic carbocycles. The SMILES string of the molecule is CC(C)(C)OC(=O)N1CCC[C@@H]2CNC[C@H]21. The Labute approximate surface area is 97.3 Å². The molecule has 16 heavy (non-hydrogen) atoms. The van der Waals surface area contributed by atoms with Gasteiger partial charge in [-0.25, -0.2) is 4.79 Å². The van der Waals surface area contributed by atoms with Gasteiger partial charge in [-0.05, 0) is 39.5 Å². The van der Waals surface area contributed by atoms with Gasteiger partial charge in [0.25, 0.3) is 0 Å². The van der Waals surface area contributed by atoms with Crippen LogP contribution in [0.4, 0.5) is 4.79 Å². The summed E-state index contributed by atoms with van der Waals surface area (Å²) in [5.41, 5.74) is -0.393. The molecule has 0 aromatic carbocycles. The Morgan fingerprint density at radius 2 is 2.12 bits per heavy atom. The number of ether oxygens (including phenoxy) is 1. The predicted molar refractivity (Wildman–Crippen MR) is 62.3 cm³/mol. The Hall–Kier alpha value is -0.770. The van der Waals surface area contributed by atoms with Gasteiger partial charge in [-0.3, -0.25) is 0 Å². The van der Waals surface area contributed by atoms with Crippen LogP contribution in [0.15, 0.2) is 0 Å². The molecule has 0 aromatic heterocycles. The minimum Gasteiger partial charge on any atom is -0.444 e. The van der Waals surface area contributed by atoms with E-state index in [1.54, 1.807) is 0 Å². The van der Waals surface area contributed by atoms with Crippen molar-refractivity contribution < 1.29 is 9.53 Å². The summed E-state index contributed by atoms with van der Waals surface area (Å²) in [6.45, 7) is 8.56. The topological polar surface area (TPSA) is 41.6 Å². The van der Waals surface area contributed by atoms with E-state index < -0.39 is 5.60 Å². The van der Waals surface area contributed by atoms with Crippen LogP contribution in [0.5, 0.6) is 0 Å². The second-order valence-corrected chi connectivity index (χ2v) is 5.80. The number of carbonyl (C=O) groups excluding carboxylic acids is 1. The summed E-state index contributed by atoms with van der Waals surface area (Å²) in [5, 5.41) is 3.36. The number of rotatable bonds is 0. The van der Waals surface area contributed by atoms with E-state index in [4.69, 9.17) is 4.74 Å². The van der Waals surface area contributed by atoms with Crippen molar-refractivity contribution in [2.75, 3.05) is 19.6 Å². The summed E-state index contributed by atoms with van der Waals surface area (Å²) in [6, 6.07) is 0.351. The van der Waals surface area contributed by atoms with Crippen LogP contribution < -0.4 is 5.32 Å². The fraction of sp³-hybridized carbons (Fsp3) is 0.917. The smallest absolute Gasteiger partial charge is 0.410 e. The van der Waals surface area contributed by atoms with Gasteiger partial charge in [0, 0.05) is 19.6 Å². The van der Waals surface area contributed by atoms with Crippen molar-refractivity contribution in [3.05, 3.63) is 0 Å². The summed E-state index contributed by atoms with van der Waals surface area (Å²) in [4.78, 5) is 13.9. The Kier molecular flexibility index (Phi) is 3.10. The first-order chi connectivity index (χ1) is 7.47. The molecule has 1 amide bonds. The van der Waals surface area contributed by atoms with Gasteiger partial charge in [0.15, 0.2) is 0 Å². The van der Waals surface area contributed by atoms with Gasteiger partial charge in [-0.15, -0.1) is 0 Å². The average Bonchev–Trinajstić information content (AvgIpc) is 2.61. The van der Waals surface area contributed by atoms with Crippen LogP contribution in [0.25, 0.3) is 0 Å². The maximum absolute atomic E-state index is 12.0. The molecule has 2 atom stereocenters. The zero-order valence-electron chi connectivity index (χ0n) is 10.5. The maximum atomic E-state index is 12.0. The van der Waals surface area contributed by atoms with Crippen LogP contribution in [0, 0.1) is 5.92 Å². The summed E-state index contributed by atoms with van der Waals surface area (Å²) in [5.74, 6) is 0.626. The van der Waals surface area contributed by atoms with E-state index in [1.807, 2.05) is 25.7 Å². The van der Waals surface area contributed by atoms with Crippen LogP contribution in [0.1, 0.15) is 33.6 Å². The van der Waals surface area contributed by atoms with Crippen molar-refractivity contribution >= 4 is 6.09 Å². The highest BCUT2D eigenvalue weighted by Gasteiger charge is 2.38. The van der Waals surface area contributed by atoms with Gasteiger partial charge in [0.2, 0.25) is 0 Å². The largest absolute Gasteiger partial charge is 0.444 e. The number of nitrogens with one attached hydrogen (secondary N) is 1. The molecule has 2 aliphatic rings. The number of piperidine rings is 1. The molecule has 2 aliphatic heterocycles. The molecule has 0 unspecified atom stereocenters. The maximum Gasteiger partial charge on any atom is 0.410 e. The lowest BCUT2D eigenvalue weighted by Crippen LogP contribution is -2.50. The standard InChI is InChI=1S/C12H22N2O2/c1-12(2,3)16-11(15)14-6-4-5-9-7-13-8-10(9)14/h9-10,13H,4-8H2,1-3H3/t9-,10-/m1/s1. The minimum atomic E-state index is -0.393. The Morgan fingerprint density at radius 1 is 1.38 bits per heavy atom. The average molecular weight is 226 g/mol. The Bertz CT molecular complexity index is 273. The van der Waals surface area contributed by atoms with Crippen molar-refractivity contribution in [2.45, 2.75) is 45.3 Å². The quantitative estimate of drug-likeness (QED) is 0.682. The van der Waals surface area contributed by atoms with E-state index in [0.717, 1.165) is 26.1 Å². The van der Waals surface area contributed by atoms with Crippen LogP contribution in [0.3, 0.4) is 0 Å². The molecule has 2 fully saturated rings. The fourth-order valence-corrected chi connectivity index (χ4v) is 2.62. The molecular weight excluding hydrogens is 204 g/mol. The van der Waals surface area contributed by atoms with Gasteiger partial charge in [0.1, 0.15) is 5.60 Å². The fourth-order valence-electron chi connectivity index (χ4n) is 2.62. The molecule has 0 aromatic rings. The van der Waals surface area contributed by atoms with Gasteiger partial charge < -0.3 is 15.0 Å². The van der Waals surface area contributed by atoms with E-state index in [1.165, 1.54) is 6.42 Å². The van der Waals surface area contributed by atoms with E-state index in [0.29, 0.717) is 12.0 Å². The van der Waals surface area contributed by atoms with E-state index in [2.05, 4.69) is 5.32 Å². The predicted octanol–water partition coefficient (Wildman–Crippen LogP) is 1.61. The summed E-state index contributed by atoms with van der Waals surface area (Å²) in [6.07, 6.45) is 2.19. The minimum absolute atomic E-state index is 0.147. The molecule has 2 rings (SSSR count). The van der Waals surface area contributed by atoms with Crippen LogP contribution in [-0.2, 0) is 4.74 Å². The van der Waals surface area contributed by atoms with E-state index in [9.17, 15) is 4.79 Å². The second kappa shape index (κ2) is 4.24. The molecule has 1 N–H and O–H groups in total. The van der Waals surface area contributed by atoms with Crippen LogP contribution >= 0.6 is 0 Å². The number of hydrogen-bond acceptors (Lipinski definition) is 3. The van der Waals surface area contributed by atoms with Crippen molar-refractivity contribution in [1.82, 2.24) is 10.2 Å². The third kappa shape index (κ3) is 2.48. The zero-order chi connectivity index (χ0) is 11.8. The van der Waals surface area contributed by atoms with Gasteiger partial charge in [0.05, 0.1) is 6.04 Å². The second-order valence-electron chi connectivity index (χ2n) is 5.80. The summed E-state index contributed by atoms with van der Waals surface area (Å²) in [7, 11) is 0. The summed E-state index contributed by atoms with van der Waals surface area (Å²) >= 11 is 0. The van der Waals surface area contributed by atoms with Crippen molar-refractivity contribution in [2.24, 2.45) is 5.92 Å². The number of nitrogens with zero attached hydrogens (tertiary/aromatic N) is 1. The van der Waals surface area contributed by atoms with Crippen molar-refractivity contribution in [3.8, 4) is 0 Å². The molecule has 2 heterocycles. The highest BCUT2D eigenvalue weighted by atomic mass is 16.6. The highest BCUT2D eigenvalue weighted by molar-refractivity contribution is 5.68. The Morgan fingerprint density at radius 3 is 2.81 bits per heavy atom. The van der Waals surface area contributed by atoms with Crippen LogP contribution in [0.2, 0.25) is 0 Å². The summed E-state index contributed by atoms with van der Waals surface area (Å²) < 4.78 is 5.44. The Balaban J connectivity index is 2.00. The molecule has 2 saturated heterocycles. The number of hydrogen-bond donors (Lipinski definition) is 1. The lowest BCUT2D eigenvalue weighted by molar-refractivity contribution is 0.00663. The van der Waals surface area contributed by atoms with Gasteiger partial charge >= 0.3 is 6.09 Å². The monoisotopic (exact) mass is 226 g/mol. The van der Waals surface area contributed by atoms with E-state index in [-0.39, 0.29) is 6.09 Å². The van der Waals surface area contributed by atoms with Gasteiger partial charge in [-0.2, -0.15) is 0 Å². The first kappa shape index (κ1) is 11.7. The molecule has 0 saturated carbocycles. The highest BCUT2D eigenvalue weighted by Crippen LogP contribution is 2.27. The normalized spacial score (nSPS) is 30.1. The zero-order valence-corrected chi connectivity index (χ0v) is 10.5. The third-order valence-corrected chi connectivity index (χ3v) is 3.31. The number of fused-ring (bicyclic) bond motifs is 1. The molecule has 0 bridgehead atoms. The van der Waals surface area contributed by atoms with Crippen molar-refractivity contribution in [1.29, 1.82) is 0 Å². The first-order valence-corrected chi connectivity index (χ1v) is 6.18. The lowest BCUT2D eigenvalue weighted by atomic mass is 9.92. The van der Waals surface area contributed by atoms with Crippen LogP contribution in [-0.4, -0.2) is 42.3 Å². The number of amides is 1.